The lowest BCUT2D eigenvalue weighted by Crippen LogP contribution is -2.28. The van der Waals surface area contributed by atoms with Crippen LogP contribution in [-0.2, 0) is 0 Å². The van der Waals surface area contributed by atoms with Gasteiger partial charge in [0.2, 0.25) is 0 Å². The highest BCUT2D eigenvalue weighted by molar-refractivity contribution is 7.88. The Hall–Kier alpha value is -1.07. The van der Waals surface area contributed by atoms with Crippen LogP contribution in [0.3, 0.4) is 0 Å². The summed E-state index contributed by atoms with van der Waals surface area (Å²) in [5, 5.41) is 0.672. The summed E-state index contributed by atoms with van der Waals surface area (Å²) in [7, 11) is -0.198. The van der Waals surface area contributed by atoms with E-state index in [9.17, 15) is 0 Å². The first-order chi connectivity index (χ1) is 12.5. The summed E-state index contributed by atoms with van der Waals surface area (Å²) < 4.78 is 0. The Balaban J connectivity index is 1.98. The molecule has 0 heterocycles. The first-order valence-electron chi connectivity index (χ1n) is 10.3. The van der Waals surface area contributed by atoms with E-state index in [1.165, 1.54) is 11.1 Å². The predicted molar refractivity (Wildman–Crippen MR) is 124 cm³/mol. The van der Waals surface area contributed by atoms with Crippen molar-refractivity contribution in [2.45, 2.75) is 83.4 Å². The minimum Gasteiger partial charge on any atom is -0.137 e. The van der Waals surface area contributed by atoms with Gasteiger partial charge in [-0.05, 0) is 64.1 Å². The molecule has 2 unspecified atom stereocenters. The zero-order valence-corrected chi connectivity index (χ0v) is 19.3. The van der Waals surface area contributed by atoms with Crippen LogP contribution in [0.5, 0.6) is 0 Å². The molecular formula is C25H35BP. The normalized spacial score (nSPS) is 22.8. The van der Waals surface area contributed by atoms with Gasteiger partial charge in [0.15, 0.2) is 7.00 Å². The Bertz CT molecular complexity index is 731. The molecule has 1 aliphatic rings. The zero-order valence-electron chi connectivity index (χ0n) is 18.4. The van der Waals surface area contributed by atoms with E-state index in [2.05, 4.69) is 111 Å². The molecule has 3 rings (SSSR count). The first-order valence-corrected chi connectivity index (χ1v) is 11.7. The molecule has 0 aliphatic heterocycles. The largest absolute Gasteiger partial charge is 0.152 e. The fourth-order valence-corrected chi connectivity index (χ4v) is 8.49. The molecular weight excluding hydrogens is 342 g/mol. The molecule has 2 aromatic carbocycles. The predicted octanol–water partition coefficient (Wildman–Crippen LogP) is 7.67. The smallest absolute Gasteiger partial charge is 0.137 e. The van der Waals surface area contributed by atoms with Gasteiger partial charge in [-0.1, -0.05) is 90.1 Å². The van der Waals surface area contributed by atoms with E-state index in [-0.39, 0.29) is 7.80 Å². The van der Waals surface area contributed by atoms with E-state index >= 15 is 0 Å². The molecule has 0 amide bonds. The molecule has 2 atom stereocenters. The molecule has 1 fully saturated rings. The van der Waals surface area contributed by atoms with Crippen LogP contribution in [0.25, 0.3) is 0 Å². The topological polar surface area (TPSA) is 0 Å². The summed E-state index contributed by atoms with van der Waals surface area (Å²) in [6, 6.07) is 18.0. The number of aryl methyl sites for hydroxylation is 2. The van der Waals surface area contributed by atoms with Crippen LogP contribution >= 0.6 is 7.80 Å². The van der Waals surface area contributed by atoms with Crippen LogP contribution in [0.4, 0.5) is 0 Å². The van der Waals surface area contributed by atoms with Crippen molar-refractivity contribution in [2.24, 2.45) is 0 Å². The molecule has 2 heteroatoms. The summed E-state index contributed by atoms with van der Waals surface area (Å²) in [5.41, 5.74) is 5.97. The van der Waals surface area contributed by atoms with E-state index < -0.39 is 0 Å². The fourth-order valence-electron chi connectivity index (χ4n) is 4.87. The van der Waals surface area contributed by atoms with Crippen LogP contribution in [0.15, 0.2) is 48.5 Å². The third kappa shape index (κ3) is 4.35. The molecule has 0 aromatic heterocycles. The van der Waals surface area contributed by atoms with Crippen LogP contribution < -0.4 is 0 Å². The minimum absolute atomic E-state index is 0.198. The highest BCUT2D eigenvalue weighted by atomic mass is 31.1. The van der Waals surface area contributed by atoms with E-state index in [1.807, 2.05) is 0 Å². The average molecular weight is 377 g/mol. The van der Waals surface area contributed by atoms with Gasteiger partial charge in [-0.25, -0.2) is 0 Å². The molecule has 1 aliphatic carbocycles. The summed E-state index contributed by atoms with van der Waals surface area (Å²) in [5.74, 6) is 1.90. The van der Waals surface area contributed by atoms with Crippen molar-refractivity contribution in [3.05, 3.63) is 70.8 Å². The third-order valence-corrected chi connectivity index (χ3v) is 9.47. The fraction of sp³-hybridized carbons (Fsp3) is 0.520. The monoisotopic (exact) mass is 377 g/mol. The Kier molecular flexibility index (Phi) is 5.66. The van der Waals surface area contributed by atoms with Crippen LogP contribution in [-0.4, -0.2) is 17.3 Å². The van der Waals surface area contributed by atoms with Crippen molar-refractivity contribution in [2.75, 3.05) is 0 Å². The highest BCUT2D eigenvalue weighted by Crippen LogP contribution is 2.72. The maximum atomic E-state index is 2.78. The number of benzene rings is 2. The van der Waals surface area contributed by atoms with Crippen LogP contribution in [0.2, 0.25) is 5.82 Å². The van der Waals surface area contributed by atoms with Crippen molar-refractivity contribution in [1.29, 1.82) is 0 Å². The summed E-state index contributed by atoms with van der Waals surface area (Å²) in [6.07, 6.45) is 0. The first kappa shape index (κ1) is 20.7. The maximum absolute atomic E-state index is 2.78. The van der Waals surface area contributed by atoms with Crippen molar-refractivity contribution in [3.8, 4) is 0 Å². The summed E-state index contributed by atoms with van der Waals surface area (Å²) in [6.45, 7) is 21.9. The second-order valence-corrected chi connectivity index (χ2v) is 13.9. The average Bonchev–Trinajstić information content (AvgIpc) is 3.25. The van der Waals surface area contributed by atoms with Gasteiger partial charge in [0.1, 0.15) is 0 Å². The Labute approximate surface area is 169 Å². The Morgan fingerprint density at radius 3 is 1.37 bits per heavy atom. The Morgan fingerprint density at radius 2 is 1.04 bits per heavy atom. The summed E-state index contributed by atoms with van der Waals surface area (Å²) in [4.78, 5) is 0. The van der Waals surface area contributed by atoms with Gasteiger partial charge in [0.05, 0.1) is 0 Å². The molecule has 2 aromatic rings. The van der Waals surface area contributed by atoms with Crippen molar-refractivity contribution >= 4 is 14.8 Å². The third-order valence-electron chi connectivity index (χ3n) is 5.94. The van der Waals surface area contributed by atoms with Crippen molar-refractivity contribution < 1.29 is 0 Å². The van der Waals surface area contributed by atoms with E-state index in [0.717, 1.165) is 0 Å². The van der Waals surface area contributed by atoms with Gasteiger partial charge in [0, 0.05) is 0 Å². The lowest BCUT2D eigenvalue weighted by atomic mass is 9.92. The summed E-state index contributed by atoms with van der Waals surface area (Å²) >= 11 is 0. The molecule has 0 saturated heterocycles. The van der Waals surface area contributed by atoms with Gasteiger partial charge in [-0.3, -0.25) is 0 Å². The molecule has 27 heavy (non-hydrogen) atoms. The Morgan fingerprint density at radius 1 is 0.667 bits per heavy atom. The van der Waals surface area contributed by atoms with Crippen LogP contribution in [0.1, 0.15) is 75.6 Å². The number of rotatable bonds is 4. The molecule has 1 saturated carbocycles. The second-order valence-electron chi connectivity index (χ2n) is 10.2. The van der Waals surface area contributed by atoms with E-state index in [1.54, 1.807) is 11.1 Å². The minimum atomic E-state index is -0.198. The van der Waals surface area contributed by atoms with Gasteiger partial charge in [-0.2, -0.15) is 0 Å². The zero-order chi connectivity index (χ0) is 20.0. The molecule has 1 radical (unpaired) electrons. The van der Waals surface area contributed by atoms with Gasteiger partial charge in [0.25, 0.3) is 0 Å². The van der Waals surface area contributed by atoms with E-state index in [4.69, 9.17) is 0 Å². The van der Waals surface area contributed by atoms with Crippen molar-refractivity contribution in [1.82, 2.24) is 0 Å². The van der Waals surface area contributed by atoms with Gasteiger partial charge < -0.3 is 0 Å². The number of hydrogen-bond acceptors (Lipinski definition) is 0. The van der Waals surface area contributed by atoms with Gasteiger partial charge in [-0.15, -0.1) is 7.80 Å². The SMILES string of the molecule is Cc1ccccc1C1C([B]P(C(C)(C)C)C(C)(C)C)C1c1ccccc1C. The molecule has 0 nitrogen and oxygen atoms in total. The quantitative estimate of drug-likeness (QED) is 0.379. The van der Waals surface area contributed by atoms with Crippen molar-refractivity contribution in [3.63, 3.8) is 0 Å². The standard InChI is InChI=1S/C25H35BP/c1-17-13-9-11-15-19(17)21-22(20-16-12-10-14-18(20)2)23(21)26-27(24(3,4)5)25(6,7)8/h9-16,21-23H,1-8H3. The molecule has 0 N–H and O–H groups in total. The molecule has 0 spiro atoms. The lowest BCUT2D eigenvalue weighted by Gasteiger charge is -2.42. The number of hydrogen-bond donors (Lipinski definition) is 0. The van der Waals surface area contributed by atoms with E-state index in [0.29, 0.717) is 28.0 Å². The van der Waals surface area contributed by atoms with Crippen LogP contribution in [0, 0.1) is 13.8 Å². The highest BCUT2D eigenvalue weighted by Gasteiger charge is 2.54. The second kappa shape index (κ2) is 7.40. The maximum Gasteiger partial charge on any atom is 0.152 e. The lowest BCUT2D eigenvalue weighted by molar-refractivity contribution is 0.718. The molecule has 0 bridgehead atoms. The molecule has 143 valence electrons. The van der Waals surface area contributed by atoms with Gasteiger partial charge >= 0.3 is 0 Å².